The van der Waals surface area contributed by atoms with E-state index in [9.17, 15) is 4.79 Å². The second-order valence-electron chi connectivity index (χ2n) is 3.22. The Hall–Kier alpha value is 0.520. The van der Waals surface area contributed by atoms with Crippen molar-refractivity contribution in [2.24, 2.45) is 5.92 Å². The third-order valence-corrected chi connectivity index (χ3v) is 8.19. The lowest BCUT2D eigenvalue weighted by Crippen LogP contribution is -2.31. The van der Waals surface area contributed by atoms with Gasteiger partial charge < -0.3 is 4.74 Å². The van der Waals surface area contributed by atoms with E-state index < -0.39 is 0 Å². The molecule has 1 heterocycles. The molecule has 2 unspecified atom stereocenters. The molecule has 1 rings (SSSR count). The lowest BCUT2D eigenvalue weighted by atomic mass is 10.1. The van der Waals surface area contributed by atoms with E-state index in [1.54, 1.807) is 0 Å². The van der Waals surface area contributed by atoms with Gasteiger partial charge in [-0.3, -0.25) is 4.79 Å². The maximum Gasteiger partial charge on any atom is 0.306 e. The van der Waals surface area contributed by atoms with Gasteiger partial charge in [0.1, 0.15) is 9.52 Å². The molecule has 0 aromatic carbocycles. The van der Waals surface area contributed by atoms with Gasteiger partial charge in [0.25, 0.3) is 0 Å². The zero-order valence-electron chi connectivity index (χ0n) is 8.90. The van der Waals surface area contributed by atoms with Crippen LogP contribution in [0.1, 0.15) is 13.3 Å². The molecule has 0 amide bonds. The zero-order chi connectivity index (χ0) is 10.8. The highest BCUT2D eigenvalue weighted by molar-refractivity contribution is 8.33. The molecule has 0 N–H and O–H groups in total. The SMILES string of the molecule is CSC(SC)(SC)C1CC(=O)OC1C. The molecule has 0 spiro atoms. The Morgan fingerprint density at radius 2 is 1.79 bits per heavy atom. The molecule has 1 saturated heterocycles. The highest BCUT2D eigenvalue weighted by Gasteiger charge is 2.46. The van der Waals surface area contributed by atoms with Gasteiger partial charge in [-0.1, -0.05) is 0 Å². The Bertz CT molecular complexity index is 208. The number of carbonyl (C=O) groups excluding carboxylic acids is 1. The summed E-state index contributed by atoms with van der Waals surface area (Å²) in [5.74, 6) is 0.263. The minimum Gasteiger partial charge on any atom is -0.462 e. The summed E-state index contributed by atoms with van der Waals surface area (Å²) in [4.78, 5) is 11.2. The van der Waals surface area contributed by atoms with E-state index in [4.69, 9.17) is 4.74 Å². The first-order valence-corrected chi connectivity index (χ1v) is 8.12. The van der Waals surface area contributed by atoms with Gasteiger partial charge in [0, 0.05) is 5.92 Å². The van der Waals surface area contributed by atoms with Crippen LogP contribution in [-0.4, -0.2) is 34.3 Å². The molecular formula is C9H16O2S3. The second kappa shape index (κ2) is 5.03. The van der Waals surface area contributed by atoms with Crippen molar-refractivity contribution in [3.8, 4) is 0 Å². The van der Waals surface area contributed by atoms with Crippen molar-refractivity contribution >= 4 is 41.3 Å². The monoisotopic (exact) mass is 252 g/mol. The first-order valence-electron chi connectivity index (χ1n) is 4.44. The normalized spacial score (nSPS) is 27.9. The van der Waals surface area contributed by atoms with Crippen LogP contribution in [0.3, 0.4) is 0 Å². The van der Waals surface area contributed by atoms with Gasteiger partial charge in [-0.25, -0.2) is 0 Å². The lowest BCUT2D eigenvalue weighted by molar-refractivity contribution is -0.140. The molecule has 82 valence electrons. The molecule has 0 bridgehead atoms. The minimum absolute atomic E-state index is 0.0508. The topological polar surface area (TPSA) is 26.3 Å². The lowest BCUT2D eigenvalue weighted by Gasteiger charge is -2.34. The predicted octanol–water partition coefficient (Wildman–Crippen LogP) is 2.68. The average molecular weight is 252 g/mol. The number of carbonyl (C=O) groups is 1. The van der Waals surface area contributed by atoms with Crippen LogP contribution >= 0.6 is 35.3 Å². The summed E-state index contributed by atoms with van der Waals surface area (Å²) in [5, 5.41) is 0. The molecular weight excluding hydrogens is 236 g/mol. The highest BCUT2D eigenvalue weighted by Crippen LogP contribution is 2.53. The summed E-state index contributed by atoms with van der Waals surface area (Å²) in [7, 11) is 0. The molecule has 2 nitrogen and oxygen atoms in total. The molecule has 0 aliphatic carbocycles. The first kappa shape index (κ1) is 12.6. The maximum atomic E-state index is 11.2. The van der Waals surface area contributed by atoms with Crippen LogP contribution in [0.15, 0.2) is 0 Å². The van der Waals surface area contributed by atoms with Crippen LogP contribution in [0, 0.1) is 5.92 Å². The Balaban J connectivity index is 2.83. The molecule has 14 heavy (non-hydrogen) atoms. The Morgan fingerprint density at radius 3 is 2.07 bits per heavy atom. The van der Waals surface area contributed by atoms with E-state index in [-0.39, 0.29) is 15.5 Å². The number of hydrogen-bond donors (Lipinski definition) is 0. The Kier molecular flexibility index (Phi) is 4.53. The van der Waals surface area contributed by atoms with Crippen LogP contribution in [0.4, 0.5) is 0 Å². The molecule has 1 aliphatic heterocycles. The summed E-state index contributed by atoms with van der Waals surface area (Å²) < 4.78 is 5.27. The molecule has 0 aromatic rings. The average Bonchev–Trinajstić information content (AvgIpc) is 2.51. The maximum absolute atomic E-state index is 11.2. The first-order chi connectivity index (χ1) is 6.59. The fraction of sp³-hybridized carbons (Fsp3) is 0.889. The van der Waals surface area contributed by atoms with Crippen molar-refractivity contribution in [1.29, 1.82) is 0 Å². The quantitative estimate of drug-likeness (QED) is 0.566. The highest BCUT2D eigenvalue weighted by atomic mass is 32.3. The van der Waals surface area contributed by atoms with E-state index >= 15 is 0 Å². The van der Waals surface area contributed by atoms with Crippen LogP contribution in [-0.2, 0) is 9.53 Å². The fourth-order valence-electron chi connectivity index (χ4n) is 1.80. The van der Waals surface area contributed by atoms with Gasteiger partial charge in [0.2, 0.25) is 0 Å². The number of rotatable bonds is 4. The van der Waals surface area contributed by atoms with Crippen molar-refractivity contribution < 1.29 is 9.53 Å². The van der Waals surface area contributed by atoms with Gasteiger partial charge >= 0.3 is 5.97 Å². The number of ether oxygens (including phenoxy) is 1. The van der Waals surface area contributed by atoms with Crippen LogP contribution in [0.25, 0.3) is 0 Å². The van der Waals surface area contributed by atoms with Gasteiger partial charge in [-0.2, -0.15) is 0 Å². The van der Waals surface area contributed by atoms with Crippen LogP contribution in [0.2, 0.25) is 0 Å². The minimum atomic E-state index is -0.0518. The van der Waals surface area contributed by atoms with Gasteiger partial charge in [-0.05, 0) is 25.7 Å². The summed E-state index contributed by atoms with van der Waals surface area (Å²) in [6.45, 7) is 1.99. The summed E-state index contributed by atoms with van der Waals surface area (Å²) >= 11 is 5.44. The molecule has 1 aliphatic rings. The summed E-state index contributed by atoms with van der Waals surface area (Å²) in [6, 6.07) is 0. The molecule has 2 atom stereocenters. The van der Waals surface area contributed by atoms with Crippen molar-refractivity contribution in [2.45, 2.75) is 22.9 Å². The van der Waals surface area contributed by atoms with Gasteiger partial charge in [-0.15, -0.1) is 35.3 Å². The molecule has 5 heteroatoms. The second-order valence-corrected chi connectivity index (χ2v) is 7.15. The third-order valence-electron chi connectivity index (χ3n) is 2.58. The van der Waals surface area contributed by atoms with Gasteiger partial charge in [0.05, 0.1) is 6.42 Å². The van der Waals surface area contributed by atoms with Crippen molar-refractivity contribution in [2.75, 3.05) is 18.8 Å². The predicted molar refractivity (Wildman–Crippen MR) is 66.9 cm³/mol. The largest absolute Gasteiger partial charge is 0.462 e. The number of esters is 1. The van der Waals surface area contributed by atoms with Crippen LogP contribution < -0.4 is 0 Å². The molecule has 0 saturated carbocycles. The third kappa shape index (κ3) is 2.19. The van der Waals surface area contributed by atoms with Crippen LogP contribution in [0.5, 0.6) is 0 Å². The van der Waals surface area contributed by atoms with E-state index in [1.807, 2.05) is 42.2 Å². The molecule has 0 aromatic heterocycles. The van der Waals surface area contributed by atoms with Gasteiger partial charge in [0.15, 0.2) is 0 Å². The Morgan fingerprint density at radius 1 is 1.29 bits per heavy atom. The van der Waals surface area contributed by atoms with E-state index in [2.05, 4.69) is 18.8 Å². The van der Waals surface area contributed by atoms with Crippen molar-refractivity contribution in [3.05, 3.63) is 0 Å². The fourth-order valence-corrected chi connectivity index (χ4v) is 5.53. The number of cyclic esters (lactones) is 1. The van der Waals surface area contributed by atoms with Crippen molar-refractivity contribution in [3.63, 3.8) is 0 Å². The zero-order valence-corrected chi connectivity index (χ0v) is 11.4. The smallest absolute Gasteiger partial charge is 0.306 e. The van der Waals surface area contributed by atoms with E-state index in [0.29, 0.717) is 12.3 Å². The Labute approximate surface area is 98.3 Å². The molecule has 0 radical (unpaired) electrons. The number of thioether (sulfide) groups is 3. The standard InChI is InChI=1S/C9H16O2S3/c1-6-7(5-8(10)11-6)9(12-2,13-3)14-4/h6-7H,5H2,1-4H3. The molecule has 1 fully saturated rings. The summed E-state index contributed by atoms with van der Waals surface area (Å²) in [5.41, 5.74) is 0. The van der Waals surface area contributed by atoms with E-state index in [1.165, 1.54) is 0 Å². The van der Waals surface area contributed by atoms with E-state index in [0.717, 1.165) is 0 Å². The summed E-state index contributed by atoms with van der Waals surface area (Å²) in [6.07, 6.45) is 6.91. The number of hydrogen-bond acceptors (Lipinski definition) is 5. The van der Waals surface area contributed by atoms with Crippen molar-refractivity contribution in [1.82, 2.24) is 0 Å².